The van der Waals surface area contributed by atoms with E-state index in [0.29, 0.717) is 11.3 Å². The number of carbonyl (C=O) groups is 2. The summed E-state index contributed by atoms with van der Waals surface area (Å²) in [6, 6.07) is 13.7. The van der Waals surface area contributed by atoms with E-state index in [0.717, 1.165) is 38.0 Å². The van der Waals surface area contributed by atoms with E-state index in [9.17, 15) is 9.59 Å². The fraction of sp³-hybridized carbons (Fsp3) is 0.391. The van der Waals surface area contributed by atoms with Crippen LogP contribution in [-0.4, -0.2) is 37.0 Å². The second-order valence-electron chi connectivity index (χ2n) is 7.46. The first-order valence-corrected chi connectivity index (χ1v) is 9.75. The van der Waals surface area contributed by atoms with Crippen molar-refractivity contribution in [2.75, 3.05) is 25.5 Å². The second kappa shape index (κ2) is 9.02. The van der Waals surface area contributed by atoms with E-state index in [2.05, 4.69) is 41.4 Å². The molecule has 0 bridgehead atoms. The number of aryl methyl sites for hydroxylation is 1. The van der Waals surface area contributed by atoms with Gasteiger partial charge in [0.05, 0.1) is 18.6 Å². The van der Waals surface area contributed by atoms with Crippen molar-refractivity contribution in [2.24, 2.45) is 5.92 Å². The molecule has 148 valence electrons. The number of anilines is 1. The molecule has 1 unspecified atom stereocenters. The standard InChI is InChI=1S/C23H28N2O3/c1-16-8-4-5-9-18(16)14-25-13-7-10-19(15-25)22(26)24-21-12-6-11-20(17(21)2)23(27)28-3/h4-6,8-9,11-12,19H,7,10,13-15H2,1-3H3,(H,24,26). The molecule has 1 amide bonds. The van der Waals surface area contributed by atoms with Crippen LogP contribution in [0.2, 0.25) is 0 Å². The smallest absolute Gasteiger partial charge is 0.338 e. The van der Waals surface area contributed by atoms with Crippen LogP contribution < -0.4 is 5.32 Å². The van der Waals surface area contributed by atoms with Gasteiger partial charge < -0.3 is 10.1 Å². The number of likely N-dealkylation sites (tertiary alicyclic amines) is 1. The van der Waals surface area contributed by atoms with Crippen molar-refractivity contribution in [1.82, 2.24) is 4.90 Å². The SMILES string of the molecule is COC(=O)c1cccc(NC(=O)C2CCCN(Cc3ccccc3C)C2)c1C. The maximum absolute atomic E-state index is 12.9. The molecule has 2 aromatic carbocycles. The molecule has 3 rings (SSSR count). The first-order valence-electron chi connectivity index (χ1n) is 9.75. The Morgan fingerprint density at radius 3 is 2.68 bits per heavy atom. The van der Waals surface area contributed by atoms with Crippen LogP contribution in [-0.2, 0) is 16.1 Å². The monoisotopic (exact) mass is 380 g/mol. The molecule has 5 nitrogen and oxygen atoms in total. The summed E-state index contributed by atoms with van der Waals surface area (Å²) in [7, 11) is 1.36. The van der Waals surface area contributed by atoms with Crippen molar-refractivity contribution in [3.63, 3.8) is 0 Å². The maximum atomic E-state index is 12.9. The number of hydrogen-bond donors (Lipinski definition) is 1. The van der Waals surface area contributed by atoms with E-state index >= 15 is 0 Å². The summed E-state index contributed by atoms with van der Waals surface area (Å²) in [4.78, 5) is 27.1. The predicted molar refractivity (Wildman–Crippen MR) is 110 cm³/mol. The Hall–Kier alpha value is -2.66. The molecule has 0 aromatic heterocycles. The Kier molecular flexibility index (Phi) is 6.47. The molecule has 5 heteroatoms. The summed E-state index contributed by atoms with van der Waals surface area (Å²) < 4.78 is 4.82. The van der Waals surface area contributed by atoms with Gasteiger partial charge in [0.2, 0.25) is 5.91 Å². The van der Waals surface area contributed by atoms with E-state index in [1.165, 1.54) is 18.2 Å². The van der Waals surface area contributed by atoms with Gasteiger partial charge in [-0.25, -0.2) is 4.79 Å². The van der Waals surface area contributed by atoms with Crippen LogP contribution in [0.3, 0.4) is 0 Å². The molecule has 28 heavy (non-hydrogen) atoms. The van der Waals surface area contributed by atoms with Crippen LogP contribution in [0.15, 0.2) is 42.5 Å². The molecular weight excluding hydrogens is 352 g/mol. The van der Waals surface area contributed by atoms with Gasteiger partial charge >= 0.3 is 5.97 Å². The first-order chi connectivity index (χ1) is 13.5. The van der Waals surface area contributed by atoms with Crippen molar-refractivity contribution >= 4 is 17.6 Å². The molecule has 1 N–H and O–H groups in total. The minimum atomic E-state index is -0.393. The Bertz CT molecular complexity index is 863. The van der Waals surface area contributed by atoms with Crippen molar-refractivity contribution < 1.29 is 14.3 Å². The van der Waals surface area contributed by atoms with Gasteiger partial charge in [-0.2, -0.15) is 0 Å². The Morgan fingerprint density at radius 1 is 1.14 bits per heavy atom. The average Bonchev–Trinajstić information content (AvgIpc) is 2.71. The van der Waals surface area contributed by atoms with Gasteiger partial charge in [-0.15, -0.1) is 0 Å². The summed E-state index contributed by atoms with van der Waals surface area (Å²) in [6.45, 7) is 6.58. The third kappa shape index (κ3) is 4.60. The zero-order valence-electron chi connectivity index (χ0n) is 16.8. The number of rotatable bonds is 5. The molecule has 0 radical (unpaired) electrons. The number of esters is 1. The quantitative estimate of drug-likeness (QED) is 0.798. The predicted octanol–water partition coefficient (Wildman–Crippen LogP) is 3.94. The fourth-order valence-corrected chi connectivity index (χ4v) is 3.78. The van der Waals surface area contributed by atoms with Gasteiger partial charge in [-0.1, -0.05) is 30.3 Å². The van der Waals surface area contributed by atoms with Gasteiger partial charge in [0.1, 0.15) is 0 Å². The van der Waals surface area contributed by atoms with Crippen molar-refractivity contribution in [2.45, 2.75) is 33.2 Å². The second-order valence-corrected chi connectivity index (χ2v) is 7.46. The van der Waals surface area contributed by atoms with Gasteiger partial charge in [-0.05, 0) is 62.1 Å². The van der Waals surface area contributed by atoms with Crippen LogP contribution in [0.5, 0.6) is 0 Å². The lowest BCUT2D eigenvalue weighted by atomic mass is 9.95. The Morgan fingerprint density at radius 2 is 1.93 bits per heavy atom. The fourth-order valence-electron chi connectivity index (χ4n) is 3.78. The molecule has 1 aliphatic heterocycles. The van der Waals surface area contributed by atoms with E-state index in [-0.39, 0.29) is 11.8 Å². The highest BCUT2D eigenvalue weighted by atomic mass is 16.5. The largest absolute Gasteiger partial charge is 0.465 e. The number of carbonyl (C=O) groups excluding carboxylic acids is 2. The normalized spacial score (nSPS) is 17.2. The Labute approximate surface area is 166 Å². The van der Waals surface area contributed by atoms with E-state index in [1.54, 1.807) is 12.1 Å². The van der Waals surface area contributed by atoms with Crippen LogP contribution in [0.1, 0.15) is 39.9 Å². The van der Waals surface area contributed by atoms with Gasteiger partial charge in [0.15, 0.2) is 0 Å². The molecule has 1 atom stereocenters. The topological polar surface area (TPSA) is 58.6 Å². The Balaban J connectivity index is 1.66. The highest BCUT2D eigenvalue weighted by Gasteiger charge is 2.26. The molecule has 1 aliphatic rings. The molecule has 1 fully saturated rings. The van der Waals surface area contributed by atoms with Gasteiger partial charge in [0.25, 0.3) is 0 Å². The number of methoxy groups -OCH3 is 1. The molecule has 2 aromatic rings. The van der Waals surface area contributed by atoms with Crippen LogP contribution in [0.4, 0.5) is 5.69 Å². The van der Waals surface area contributed by atoms with Crippen LogP contribution in [0.25, 0.3) is 0 Å². The van der Waals surface area contributed by atoms with Gasteiger partial charge in [0, 0.05) is 18.8 Å². The minimum absolute atomic E-state index is 0.0135. The number of benzene rings is 2. The minimum Gasteiger partial charge on any atom is -0.465 e. The molecule has 0 spiro atoms. The zero-order valence-corrected chi connectivity index (χ0v) is 16.8. The lowest BCUT2D eigenvalue weighted by Crippen LogP contribution is -2.40. The lowest BCUT2D eigenvalue weighted by molar-refractivity contribution is -0.121. The van der Waals surface area contributed by atoms with E-state index < -0.39 is 5.97 Å². The third-order valence-corrected chi connectivity index (χ3v) is 5.53. The summed E-state index contributed by atoms with van der Waals surface area (Å²) in [5.74, 6) is -0.436. The number of piperidine rings is 1. The van der Waals surface area contributed by atoms with Crippen molar-refractivity contribution in [3.8, 4) is 0 Å². The number of nitrogens with zero attached hydrogens (tertiary/aromatic N) is 1. The summed E-state index contributed by atoms with van der Waals surface area (Å²) in [5.41, 5.74) is 4.47. The number of ether oxygens (including phenoxy) is 1. The molecule has 0 aliphatic carbocycles. The van der Waals surface area contributed by atoms with Crippen molar-refractivity contribution in [1.29, 1.82) is 0 Å². The van der Waals surface area contributed by atoms with Gasteiger partial charge in [-0.3, -0.25) is 9.69 Å². The number of amides is 1. The third-order valence-electron chi connectivity index (χ3n) is 5.53. The molecular formula is C23H28N2O3. The average molecular weight is 380 g/mol. The van der Waals surface area contributed by atoms with E-state index in [1.807, 2.05) is 13.0 Å². The summed E-state index contributed by atoms with van der Waals surface area (Å²) in [6.07, 6.45) is 1.89. The highest BCUT2D eigenvalue weighted by molar-refractivity contribution is 5.97. The summed E-state index contributed by atoms with van der Waals surface area (Å²) in [5, 5.41) is 3.02. The first kappa shape index (κ1) is 20.1. The molecule has 1 heterocycles. The maximum Gasteiger partial charge on any atom is 0.338 e. The van der Waals surface area contributed by atoms with E-state index in [4.69, 9.17) is 4.74 Å². The molecule has 1 saturated heterocycles. The number of nitrogens with one attached hydrogen (secondary N) is 1. The summed E-state index contributed by atoms with van der Waals surface area (Å²) >= 11 is 0. The van der Waals surface area contributed by atoms with Crippen molar-refractivity contribution in [3.05, 3.63) is 64.7 Å². The van der Waals surface area contributed by atoms with Crippen LogP contribution in [0, 0.1) is 19.8 Å². The number of hydrogen-bond acceptors (Lipinski definition) is 4. The van der Waals surface area contributed by atoms with Crippen LogP contribution >= 0.6 is 0 Å². The highest BCUT2D eigenvalue weighted by Crippen LogP contribution is 2.24. The lowest BCUT2D eigenvalue weighted by Gasteiger charge is -2.32. The molecule has 0 saturated carbocycles. The zero-order chi connectivity index (χ0) is 20.1.